The number of aromatic nitrogens is 4. The summed E-state index contributed by atoms with van der Waals surface area (Å²) in [5.41, 5.74) is 4.61. The van der Waals surface area contributed by atoms with Crippen molar-refractivity contribution in [1.82, 2.24) is 24.6 Å². The molecule has 0 aliphatic carbocycles. The summed E-state index contributed by atoms with van der Waals surface area (Å²) in [6, 6.07) is 8.50. The molecule has 34 heavy (non-hydrogen) atoms. The molecule has 1 aromatic carbocycles. The van der Waals surface area contributed by atoms with E-state index in [-0.39, 0.29) is 0 Å². The second kappa shape index (κ2) is 11.7. The Morgan fingerprint density at radius 1 is 0.971 bits per heavy atom. The summed E-state index contributed by atoms with van der Waals surface area (Å²) in [6.07, 6.45) is 8.71. The van der Waals surface area contributed by atoms with Crippen LogP contribution in [-0.4, -0.2) is 73.0 Å². The summed E-state index contributed by atoms with van der Waals surface area (Å²) in [6.45, 7) is 6.99. The molecule has 2 aromatic heterocycles. The van der Waals surface area contributed by atoms with E-state index in [0.29, 0.717) is 12.2 Å². The Kier molecular flexibility index (Phi) is 8.47. The van der Waals surface area contributed by atoms with Crippen LogP contribution in [-0.2, 0) is 23.2 Å². The van der Waals surface area contributed by atoms with Crippen molar-refractivity contribution in [3.05, 3.63) is 72.3 Å². The van der Waals surface area contributed by atoms with E-state index in [4.69, 9.17) is 10.2 Å². The minimum Gasteiger partial charge on any atom is -0.478 e. The van der Waals surface area contributed by atoms with Crippen molar-refractivity contribution in [3.63, 3.8) is 0 Å². The first-order valence-corrected chi connectivity index (χ1v) is 10.8. The number of piperazine rings is 1. The Hall–Kier alpha value is -4.05. The molecule has 3 heterocycles. The van der Waals surface area contributed by atoms with Gasteiger partial charge in [-0.05, 0) is 6.92 Å². The zero-order chi connectivity index (χ0) is 24.5. The molecule has 1 aliphatic rings. The van der Waals surface area contributed by atoms with E-state index in [1.165, 1.54) is 11.1 Å². The highest BCUT2D eigenvalue weighted by Gasteiger charge is 2.21. The first-order valence-electron chi connectivity index (χ1n) is 10.8. The quantitative estimate of drug-likeness (QED) is 0.528. The van der Waals surface area contributed by atoms with Crippen LogP contribution in [0.5, 0.6) is 0 Å². The summed E-state index contributed by atoms with van der Waals surface area (Å²) in [7, 11) is 1.96. The minimum atomic E-state index is -1.26. The molecule has 4 rings (SSSR count). The Labute approximate surface area is 197 Å². The van der Waals surface area contributed by atoms with Gasteiger partial charge < -0.3 is 15.1 Å². The third-order valence-corrected chi connectivity index (χ3v) is 5.21. The predicted octanol–water partition coefficient (Wildman–Crippen LogP) is 2.22. The highest BCUT2D eigenvalue weighted by molar-refractivity contribution is 5.89. The molecule has 178 valence electrons. The lowest BCUT2D eigenvalue weighted by atomic mass is 10.1. The predicted molar refractivity (Wildman–Crippen MR) is 127 cm³/mol. The fourth-order valence-electron chi connectivity index (χ4n) is 3.55. The second-order valence-corrected chi connectivity index (χ2v) is 7.89. The van der Waals surface area contributed by atoms with Gasteiger partial charge in [0.05, 0.1) is 6.20 Å². The van der Waals surface area contributed by atoms with E-state index in [0.717, 1.165) is 49.8 Å². The van der Waals surface area contributed by atoms with Gasteiger partial charge in [0.15, 0.2) is 5.82 Å². The largest absolute Gasteiger partial charge is 0.478 e. The van der Waals surface area contributed by atoms with Crippen LogP contribution in [0.2, 0.25) is 0 Å². The standard InChI is InChI=1S/C20H24N6.C4H4O4/c1-16-3-5-18(6-4-16)19-20(22-8-7-21-19)26-11-9-25(10-12-26)15-17-13-23-24(2)14-17;5-3(6)1-2-4(7)8/h3-8,13-14H,9-12,15H2,1-2H3;1-2H,(H,5,6)(H,7,8)/b;2-1+. The first-order chi connectivity index (χ1) is 16.3. The Balaban J connectivity index is 0.000000350. The molecule has 1 saturated heterocycles. The molecule has 0 spiro atoms. The molecule has 10 nitrogen and oxygen atoms in total. The summed E-state index contributed by atoms with van der Waals surface area (Å²) >= 11 is 0. The van der Waals surface area contributed by atoms with Gasteiger partial charge >= 0.3 is 11.9 Å². The molecule has 1 aliphatic heterocycles. The van der Waals surface area contributed by atoms with E-state index in [1.54, 1.807) is 12.4 Å². The zero-order valence-electron chi connectivity index (χ0n) is 19.2. The fraction of sp³-hybridized carbons (Fsp3) is 0.292. The number of hydrogen-bond donors (Lipinski definition) is 2. The molecule has 0 amide bonds. The van der Waals surface area contributed by atoms with Crippen molar-refractivity contribution < 1.29 is 19.8 Å². The van der Waals surface area contributed by atoms with Crippen LogP contribution in [0, 0.1) is 6.92 Å². The molecule has 0 radical (unpaired) electrons. The van der Waals surface area contributed by atoms with E-state index >= 15 is 0 Å². The van der Waals surface area contributed by atoms with Crippen molar-refractivity contribution in [1.29, 1.82) is 0 Å². The van der Waals surface area contributed by atoms with Gasteiger partial charge in [-0.25, -0.2) is 14.6 Å². The number of hydrogen-bond acceptors (Lipinski definition) is 7. The normalized spacial score (nSPS) is 14.0. The van der Waals surface area contributed by atoms with Crippen molar-refractivity contribution in [3.8, 4) is 11.3 Å². The Morgan fingerprint density at radius 3 is 2.15 bits per heavy atom. The molecular weight excluding hydrogens is 436 g/mol. The third-order valence-electron chi connectivity index (χ3n) is 5.21. The zero-order valence-corrected chi connectivity index (χ0v) is 19.2. The maximum absolute atomic E-state index is 9.55. The lowest BCUT2D eigenvalue weighted by Crippen LogP contribution is -2.46. The third kappa shape index (κ3) is 7.24. The van der Waals surface area contributed by atoms with Crippen LogP contribution in [0.1, 0.15) is 11.1 Å². The first kappa shape index (κ1) is 24.6. The van der Waals surface area contributed by atoms with Crippen LogP contribution in [0.15, 0.2) is 61.2 Å². The van der Waals surface area contributed by atoms with Gasteiger partial charge in [-0.3, -0.25) is 14.6 Å². The summed E-state index contributed by atoms with van der Waals surface area (Å²) in [5, 5.41) is 19.9. The van der Waals surface area contributed by atoms with Gasteiger partial charge in [0.2, 0.25) is 0 Å². The lowest BCUT2D eigenvalue weighted by molar-refractivity contribution is -0.134. The van der Waals surface area contributed by atoms with Gasteiger partial charge in [0.1, 0.15) is 5.69 Å². The molecule has 1 fully saturated rings. The van der Waals surface area contributed by atoms with E-state index in [2.05, 4.69) is 62.3 Å². The monoisotopic (exact) mass is 464 g/mol. The van der Waals surface area contributed by atoms with Crippen LogP contribution < -0.4 is 4.90 Å². The maximum Gasteiger partial charge on any atom is 0.328 e. The lowest BCUT2D eigenvalue weighted by Gasteiger charge is -2.35. The molecule has 2 N–H and O–H groups in total. The number of carboxylic acid groups (broad SMARTS) is 2. The molecule has 0 unspecified atom stereocenters. The van der Waals surface area contributed by atoms with Gasteiger partial charge in [0, 0.05) is 81.6 Å². The second-order valence-electron chi connectivity index (χ2n) is 7.89. The van der Waals surface area contributed by atoms with Gasteiger partial charge in [-0.2, -0.15) is 5.10 Å². The average molecular weight is 465 g/mol. The topological polar surface area (TPSA) is 125 Å². The summed E-state index contributed by atoms with van der Waals surface area (Å²) < 4.78 is 1.86. The number of anilines is 1. The summed E-state index contributed by atoms with van der Waals surface area (Å²) in [5.74, 6) is -1.53. The van der Waals surface area contributed by atoms with Crippen LogP contribution in [0.4, 0.5) is 5.82 Å². The molecule has 0 atom stereocenters. The minimum absolute atomic E-state index is 0.558. The Morgan fingerprint density at radius 2 is 1.59 bits per heavy atom. The van der Waals surface area contributed by atoms with Crippen LogP contribution >= 0.6 is 0 Å². The Bertz CT molecular complexity index is 1120. The summed E-state index contributed by atoms with van der Waals surface area (Å²) in [4.78, 5) is 33.2. The average Bonchev–Trinajstić information content (AvgIpc) is 3.24. The molecule has 10 heteroatoms. The fourth-order valence-corrected chi connectivity index (χ4v) is 3.55. The van der Waals surface area contributed by atoms with Crippen molar-refractivity contribution in [2.45, 2.75) is 13.5 Å². The molecule has 3 aromatic rings. The van der Waals surface area contributed by atoms with Gasteiger partial charge in [-0.1, -0.05) is 29.8 Å². The van der Waals surface area contributed by atoms with E-state index in [9.17, 15) is 9.59 Å². The van der Waals surface area contributed by atoms with Crippen molar-refractivity contribution >= 4 is 17.8 Å². The number of nitrogens with zero attached hydrogens (tertiary/aromatic N) is 6. The van der Waals surface area contributed by atoms with Crippen LogP contribution in [0.3, 0.4) is 0 Å². The van der Waals surface area contributed by atoms with Crippen molar-refractivity contribution in [2.24, 2.45) is 7.05 Å². The number of aryl methyl sites for hydroxylation is 2. The number of aliphatic carboxylic acids is 2. The number of rotatable bonds is 6. The highest BCUT2D eigenvalue weighted by atomic mass is 16.4. The van der Waals surface area contributed by atoms with Crippen molar-refractivity contribution in [2.75, 3.05) is 31.1 Å². The smallest absolute Gasteiger partial charge is 0.328 e. The number of carbonyl (C=O) groups is 2. The highest BCUT2D eigenvalue weighted by Crippen LogP contribution is 2.27. The van der Waals surface area contributed by atoms with E-state index < -0.39 is 11.9 Å². The molecule has 0 bridgehead atoms. The van der Waals surface area contributed by atoms with E-state index in [1.807, 2.05) is 17.9 Å². The van der Waals surface area contributed by atoms with Crippen LogP contribution in [0.25, 0.3) is 11.3 Å². The maximum atomic E-state index is 9.55. The SMILES string of the molecule is Cc1ccc(-c2nccnc2N2CCN(Cc3cnn(C)c3)CC2)cc1.O=C(O)/C=C/C(=O)O. The van der Waals surface area contributed by atoms with Gasteiger partial charge in [-0.15, -0.1) is 0 Å². The number of carboxylic acids is 2. The van der Waals surface area contributed by atoms with Gasteiger partial charge in [0.25, 0.3) is 0 Å². The molecular formula is C24H28N6O4. The molecule has 0 saturated carbocycles. The number of benzene rings is 1.